The van der Waals surface area contributed by atoms with Crippen LogP contribution in [0.1, 0.15) is 92.4 Å². The van der Waals surface area contributed by atoms with Crippen molar-refractivity contribution in [3.63, 3.8) is 0 Å². The van der Waals surface area contributed by atoms with E-state index >= 15 is 0 Å². The van der Waals surface area contributed by atoms with Crippen LogP contribution in [0.2, 0.25) is 0 Å². The van der Waals surface area contributed by atoms with Crippen molar-refractivity contribution in [2.45, 2.75) is 92.4 Å². The number of Topliss-reactive ketones (excluding diaryl/α,β-unsaturated/α-hetero) is 1. The number of carbonyl (C=O) groups is 1. The molecule has 136 valence electrons. The third kappa shape index (κ3) is 2.08. The molecule has 4 aliphatic rings. The van der Waals surface area contributed by atoms with Crippen LogP contribution in [-0.4, -0.2) is 5.78 Å². The fourth-order valence-electron chi connectivity index (χ4n) is 8.61. The van der Waals surface area contributed by atoms with Gasteiger partial charge in [-0.05, 0) is 98.2 Å². The van der Waals surface area contributed by atoms with Crippen molar-refractivity contribution in [3.8, 4) is 0 Å². The molecular formula is C23H38O. The molecular weight excluding hydrogens is 292 g/mol. The zero-order chi connectivity index (χ0) is 17.3. The van der Waals surface area contributed by atoms with Crippen LogP contribution in [0.3, 0.4) is 0 Å². The second kappa shape index (κ2) is 5.34. The van der Waals surface area contributed by atoms with Crippen LogP contribution in [0.15, 0.2) is 0 Å². The molecule has 24 heavy (non-hydrogen) atoms. The molecule has 0 saturated heterocycles. The Morgan fingerprint density at radius 1 is 0.875 bits per heavy atom. The van der Waals surface area contributed by atoms with Crippen LogP contribution in [0.25, 0.3) is 0 Å². The fourth-order valence-corrected chi connectivity index (χ4v) is 8.61. The molecule has 0 amide bonds. The molecule has 0 aliphatic heterocycles. The minimum Gasteiger partial charge on any atom is -0.300 e. The van der Waals surface area contributed by atoms with E-state index in [1.807, 2.05) is 6.92 Å². The van der Waals surface area contributed by atoms with Gasteiger partial charge in [-0.25, -0.2) is 0 Å². The Hall–Kier alpha value is -0.330. The summed E-state index contributed by atoms with van der Waals surface area (Å²) in [6, 6.07) is 0. The molecule has 0 N–H and O–H groups in total. The first-order chi connectivity index (χ1) is 11.2. The molecule has 4 fully saturated rings. The van der Waals surface area contributed by atoms with Crippen LogP contribution < -0.4 is 0 Å². The molecule has 8 atom stereocenters. The van der Waals surface area contributed by atoms with Gasteiger partial charge in [0, 0.05) is 5.92 Å². The second-order valence-electron chi connectivity index (χ2n) is 11.0. The van der Waals surface area contributed by atoms with Gasteiger partial charge < -0.3 is 0 Å². The van der Waals surface area contributed by atoms with Gasteiger partial charge in [0.2, 0.25) is 0 Å². The Morgan fingerprint density at radius 3 is 2.33 bits per heavy atom. The SMILES string of the molecule is CC(=O)C1CCC2C3CCC4(C)CC(C)CCC4(C)C3CCC12C. The summed E-state index contributed by atoms with van der Waals surface area (Å²) in [5, 5.41) is 0. The Balaban J connectivity index is 1.65. The highest BCUT2D eigenvalue weighted by atomic mass is 16.1. The number of carbonyl (C=O) groups excluding carboxylic acids is 1. The standard InChI is InChI=1S/C23H38O/c1-15-8-13-23(5)20-10-12-22(4)18(16(2)24)6-7-19(22)17(20)9-11-21(23,3)14-15/h15,17-20H,6-14H2,1-5H3. The number of hydrogen-bond donors (Lipinski definition) is 0. The summed E-state index contributed by atoms with van der Waals surface area (Å²) < 4.78 is 0. The van der Waals surface area contributed by atoms with Crippen molar-refractivity contribution in [2.75, 3.05) is 0 Å². The largest absolute Gasteiger partial charge is 0.300 e. The first-order valence-corrected chi connectivity index (χ1v) is 10.7. The summed E-state index contributed by atoms with van der Waals surface area (Å²) in [6.45, 7) is 12.1. The Bertz CT molecular complexity index is 538. The van der Waals surface area contributed by atoms with Crippen molar-refractivity contribution in [3.05, 3.63) is 0 Å². The molecule has 0 aromatic carbocycles. The number of hydrogen-bond acceptors (Lipinski definition) is 1. The summed E-state index contributed by atoms with van der Waals surface area (Å²) in [4.78, 5) is 12.2. The third-order valence-corrected chi connectivity index (χ3v) is 10.1. The van der Waals surface area contributed by atoms with E-state index in [1.165, 1.54) is 57.8 Å². The summed E-state index contributed by atoms with van der Waals surface area (Å²) in [6.07, 6.45) is 12.4. The van der Waals surface area contributed by atoms with E-state index in [-0.39, 0.29) is 0 Å². The summed E-state index contributed by atoms with van der Waals surface area (Å²) in [5.74, 6) is 4.40. The Morgan fingerprint density at radius 2 is 1.62 bits per heavy atom. The first-order valence-electron chi connectivity index (χ1n) is 10.7. The molecule has 0 bridgehead atoms. The van der Waals surface area contributed by atoms with Crippen LogP contribution >= 0.6 is 0 Å². The number of ketones is 1. The quantitative estimate of drug-likeness (QED) is 0.554. The van der Waals surface area contributed by atoms with Gasteiger partial charge in [0.25, 0.3) is 0 Å². The maximum Gasteiger partial charge on any atom is 0.133 e. The molecule has 0 radical (unpaired) electrons. The average Bonchev–Trinajstić information content (AvgIpc) is 2.86. The van der Waals surface area contributed by atoms with Crippen molar-refractivity contribution < 1.29 is 4.79 Å². The fraction of sp³-hybridized carbons (Fsp3) is 0.957. The molecule has 0 aromatic heterocycles. The second-order valence-corrected chi connectivity index (χ2v) is 11.0. The predicted octanol–water partition coefficient (Wildman–Crippen LogP) is 6.26. The smallest absolute Gasteiger partial charge is 0.133 e. The van der Waals surface area contributed by atoms with Gasteiger partial charge in [-0.1, -0.05) is 34.1 Å². The summed E-state index contributed by atoms with van der Waals surface area (Å²) in [7, 11) is 0. The maximum atomic E-state index is 12.2. The molecule has 0 spiro atoms. The molecule has 8 unspecified atom stereocenters. The average molecular weight is 331 g/mol. The van der Waals surface area contributed by atoms with E-state index in [2.05, 4.69) is 27.7 Å². The number of fused-ring (bicyclic) bond motifs is 5. The van der Waals surface area contributed by atoms with Crippen LogP contribution in [0.5, 0.6) is 0 Å². The lowest BCUT2D eigenvalue weighted by Gasteiger charge is -2.65. The van der Waals surface area contributed by atoms with E-state index in [0.29, 0.717) is 27.9 Å². The molecule has 1 heteroatoms. The van der Waals surface area contributed by atoms with E-state index in [1.54, 1.807) is 0 Å². The lowest BCUT2D eigenvalue weighted by Crippen LogP contribution is -2.57. The van der Waals surface area contributed by atoms with Crippen molar-refractivity contribution in [2.24, 2.45) is 45.8 Å². The van der Waals surface area contributed by atoms with Gasteiger partial charge in [0.1, 0.15) is 5.78 Å². The highest BCUT2D eigenvalue weighted by Crippen LogP contribution is 2.71. The Kier molecular flexibility index (Phi) is 3.80. The van der Waals surface area contributed by atoms with Crippen LogP contribution in [0.4, 0.5) is 0 Å². The lowest BCUT2D eigenvalue weighted by molar-refractivity contribution is -0.162. The summed E-state index contributed by atoms with van der Waals surface area (Å²) in [5.41, 5.74) is 1.44. The molecule has 0 aromatic rings. The van der Waals surface area contributed by atoms with E-state index in [4.69, 9.17) is 0 Å². The highest BCUT2D eigenvalue weighted by Gasteiger charge is 2.63. The van der Waals surface area contributed by atoms with Crippen molar-refractivity contribution >= 4 is 5.78 Å². The minimum absolute atomic E-state index is 0.319. The van der Waals surface area contributed by atoms with Crippen molar-refractivity contribution in [1.29, 1.82) is 0 Å². The topological polar surface area (TPSA) is 17.1 Å². The van der Waals surface area contributed by atoms with E-state index in [0.717, 1.165) is 23.7 Å². The zero-order valence-corrected chi connectivity index (χ0v) is 16.7. The van der Waals surface area contributed by atoms with Gasteiger partial charge in [-0.3, -0.25) is 4.79 Å². The van der Waals surface area contributed by atoms with Crippen LogP contribution in [-0.2, 0) is 4.79 Å². The Labute approximate surface area is 149 Å². The van der Waals surface area contributed by atoms with E-state index in [9.17, 15) is 4.79 Å². The predicted molar refractivity (Wildman–Crippen MR) is 99.7 cm³/mol. The monoisotopic (exact) mass is 330 g/mol. The molecule has 0 heterocycles. The highest BCUT2D eigenvalue weighted by molar-refractivity contribution is 5.79. The molecule has 4 rings (SSSR count). The number of rotatable bonds is 1. The van der Waals surface area contributed by atoms with Gasteiger partial charge in [0.05, 0.1) is 0 Å². The first kappa shape index (κ1) is 17.1. The van der Waals surface area contributed by atoms with Crippen molar-refractivity contribution in [1.82, 2.24) is 0 Å². The van der Waals surface area contributed by atoms with Gasteiger partial charge >= 0.3 is 0 Å². The molecule has 1 nitrogen and oxygen atoms in total. The van der Waals surface area contributed by atoms with Crippen LogP contribution in [0, 0.1) is 45.8 Å². The summed E-state index contributed by atoms with van der Waals surface area (Å²) >= 11 is 0. The lowest BCUT2D eigenvalue weighted by atomic mass is 9.40. The molecule has 4 aliphatic carbocycles. The minimum atomic E-state index is 0.319. The van der Waals surface area contributed by atoms with Gasteiger partial charge in [-0.15, -0.1) is 0 Å². The normalized spacial score (nSPS) is 57.0. The van der Waals surface area contributed by atoms with Gasteiger partial charge in [0.15, 0.2) is 0 Å². The molecule has 4 saturated carbocycles. The van der Waals surface area contributed by atoms with E-state index < -0.39 is 0 Å². The maximum absolute atomic E-state index is 12.2. The third-order valence-electron chi connectivity index (χ3n) is 10.1. The van der Waals surface area contributed by atoms with Gasteiger partial charge in [-0.2, -0.15) is 0 Å². The zero-order valence-electron chi connectivity index (χ0n) is 16.7.